The fraction of sp³-hybridized carbons (Fsp3) is 0.667. The zero-order valence-electron chi connectivity index (χ0n) is 5.39. The van der Waals surface area contributed by atoms with Gasteiger partial charge in [0.05, 0.1) is 0 Å². The second-order valence-electron chi connectivity index (χ2n) is 2.43. The van der Waals surface area contributed by atoms with E-state index < -0.39 is 0 Å². The molecule has 1 aliphatic rings. The summed E-state index contributed by atoms with van der Waals surface area (Å²) in [4.78, 5) is 2.18. The third kappa shape index (κ3) is 0.842. The molecule has 1 unspecified atom stereocenters. The maximum atomic E-state index is 5.27. The molecule has 0 aromatic heterocycles. The van der Waals surface area contributed by atoms with Crippen LogP contribution in [0.2, 0.25) is 0 Å². The van der Waals surface area contributed by atoms with Crippen LogP contribution in [0.3, 0.4) is 0 Å². The fourth-order valence-corrected chi connectivity index (χ4v) is 0.858. The van der Waals surface area contributed by atoms with E-state index in [4.69, 9.17) is 5.73 Å². The summed E-state index contributed by atoms with van der Waals surface area (Å²) < 4.78 is 0. The van der Waals surface area contributed by atoms with Crippen molar-refractivity contribution in [3.8, 4) is 0 Å². The fourth-order valence-electron chi connectivity index (χ4n) is 0.858. The molecule has 0 spiro atoms. The van der Waals surface area contributed by atoms with Crippen LogP contribution in [0.5, 0.6) is 0 Å². The van der Waals surface area contributed by atoms with E-state index in [0.717, 1.165) is 0 Å². The number of nitrogens with zero attached hydrogens (tertiary/aromatic N) is 1. The lowest BCUT2D eigenvalue weighted by molar-refractivity contribution is 0.410. The van der Waals surface area contributed by atoms with Gasteiger partial charge in [-0.3, -0.25) is 0 Å². The van der Waals surface area contributed by atoms with Gasteiger partial charge in [-0.05, 0) is 32.3 Å². The predicted molar refractivity (Wildman–Crippen MR) is 34.4 cm³/mol. The summed E-state index contributed by atoms with van der Waals surface area (Å²) in [7, 11) is 4.14. The Labute approximate surface area is 50.0 Å². The minimum absolute atomic E-state index is 0.653. The van der Waals surface area contributed by atoms with Gasteiger partial charge in [0.25, 0.3) is 0 Å². The lowest BCUT2D eigenvalue weighted by Gasteiger charge is -2.03. The molecule has 0 bridgehead atoms. The number of nitrogens with two attached hydrogens (primary N) is 1. The van der Waals surface area contributed by atoms with E-state index in [-0.39, 0.29) is 0 Å². The molecule has 0 aromatic carbocycles. The molecular formula is C6H12N2. The predicted octanol–water partition coefficient (Wildman–Crippen LogP) is 0.163. The quantitative estimate of drug-likeness (QED) is 0.523. The molecule has 0 amide bonds. The highest BCUT2D eigenvalue weighted by Crippen LogP contribution is 2.31. The molecule has 0 radical (unpaired) electrons. The smallest absolute Gasteiger partial charge is 0.0357 e. The van der Waals surface area contributed by atoms with E-state index in [2.05, 4.69) is 19.0 Å². The first kappa shape index (κ1) is 5.63. The zero-order chi connectivity index (χ0) is 6.15. The monoisotopic (exact) mass is 112 g/mol. The molecule has 2 heteroatoms. The van der Waals surface area contributed by atoms with Crippen LogP contribution in [0.25, 0.3) is 0 Å². The Hall–Kier alpha value is -0.500. The maximum Gasteiger partial charge on any atom is 0.0357 e. The van der Waals surface area contributed by atoms with Crippen molar-refractivity contribution in [1.29, 1.82) is 0 Å². The summed E-state index contributed by atoms with van der Waals surface area (Å²) in [6, 6.07) is 0.653. The van der Waals surface area contributed by atoms with E-state index in [1.165, 1.54) is 12.0 Å². The van der Waals surface area contributed by atoms with Crippen molar-refractivity contribution in [2.75, 3.05) is 14.1 Å². The van der Waals surface area contributed by atoms with Crippen LogP contribution in [0.4, 0.5) is 0 Å². The average molecular weight is 112 g/mol. The highest BCUT2D eigenvalue weighted by atomic mass is 15.1. The van der Waals surface area contributed by atoms with Crippen LogP contribution < -0.4 is 5.73 Å². The van der Waals surface area contributed by atoms with E-state index in [0.29, 0.717) is 6.04 Å². The SMILES string of the molecule is CN(C)C1C/C1=C\N. The van der Waals surface area contributed by atoms with Crippen molar-refractivity contribution in [2.24, 2.45) is 5.73 Å². The second kappa shape index (κ2) is 1.78. The van der Waals surface area contributed by atoms with Crippen molar-refractivity contribution in [2.45, 2.75) is 12.5 Å². The highest BCUT2D eigenvalue weighted by Gasteiger charge is 2.30. The van der Waals surface area contributed by atoms with Gasteiger partial charge in [0.15, 0.2) is 0 Å². The van der Waals surface area contributed by atoms with Gasteiger partial charge < -0.3 is 10.6 Å². The van der Waals surface area contributed by atoms with E-state index in [9.17, 15) is 0 Å². The van der Waals surface area contributed by atoms with Gasteiger partial charge in [-0.25, -0.2) is 0 Å². The molecule has 0 aromatic rings. The molecule has 46 valence electrons. The molecule has 1 aliphatic carbocycles. The summed E-state index contributed by atoms with van der Waals surface area (Å²) in [5, 5.41) is 0. The van der Waals surface area contributed by atoms with E-state index in [1.807, 2.05) is 0 Å². The molecule has 2 nitrogen and oxygen atoms in total. The lowest BCUT2D eigenvalue weighted by atomic mass is 10.6. The third-order valence-corrected chi connectivity index (χ3v) is 1.53. The Bertz CT molecular complexity index is 116. The Kier molecular flexibility index (Phi) is 1.26. The van der Waals surface area contributed by atoms with Crippen LogP contribution >= 0.6 is 0 Å². The number of likely N-dealkylation sites (N-methyl/N-ethyl adjacent to an activating group) is 1. The van der Waals surface area contributed by atoms with Gasteiger partial charge in [0, 0.05) is 6.04 Å². The van der Waals surface area contributed by atoms with Crippen molar-refractivity contribution >= 4 is 0 Å². The van der Waals surface area contributed by atoms with E-state index in [1.54, 1.807) is 6.20 Å². The Balaban J connectivity index is 2.37. The third-order valence-electron chi connectivity index (χ3n) is 1.53. The topological polar surface area (TPSA) is 29.3 Å². The van der Waals surface area contributed by atoms with Crippen LogP contribution in [-0.4, -0.2) is 25.0 Å². The van der Waals surface area contributed by atoms with Crippen LogP contribution in [0.15, 0.2) is 11.8 Å². The molecule has 1 saturated carbocycles. The molecule has 0 saturated heterocycles. The summed E-state index contributed by atoms with van der Waals surface area (Å²) in [6.45, 7) is 0. The maximum absolute atomic E-state index is 5.27. The Morgan fingerprint density at radius 1 is 1.75 bits per heavy atom. The second-order valence-corrected chi connectivity index (χ2v) is 2.43. The Morgan fingerprint density at radius 2 is 2.38 bits per heavy atom. The van der Waals surface area contributed by atoms with Crippen molar-refractivity contribution in [3.63, 3.8) is 0 Å². The summed E-state index contributed by atoms with van der Waals surface area (Å²) >= 11 is 0. The molecule has 0 heterocycles. The average Bonchev–Trinajstić information content (AvgIpc) is 2.42. The standard InChI is InChI=1S/C6H12N2/c1-8(2)6-3-5(6)4-7/h4,6H,3,7H2,1-2H3/b5-4+. The van der Waals surface area contributed by atoms with Gasteiger partial charge in [0.1, 0.15) is 0 Å². The van der Waals surface area contributed by atoms with Crippen LogP contribution in [-0.2, 0) is 0 Å². The summed E-state index contributed by atoms with van der Waals surface area (Å²) in [6.07, 6.45) is 2.88. The molecule has 1 atom stereocenters. The van der Waals surface area contributed by atoms with Crippen molar-refractivity contribution in [1.82, 2.24) is 4.90 Å². The van der Waals surface area contributed by atoms with Crippen LogP contribution in [0, 0.1) is 0 Å². The van der Waals surface area contributed by atoms with Gasteiger partial charge in [-0.15, -0.1) is 0 Å². The van der Waals surface area contributed by atoms with Crippen LogP contribution in [0.1, 0.15) is 6.42 Å². The molecule has 2 N–H and O–H groups in total. The van der Waals surface area contributed by atoms with E-state index >= 15 is 0 Å². The molecule has 1 fully saturated rings. The van der Waals surface area contributed by atoms with Gasteiger partial charge >= 0.3 is 0 Å². The molecule has 0 aliphatic heterocycles. The lowest BCUT2D eigenvalue weighted by Crippen LogP contribution is -2.13. The Morgan fingerprint density at radius 3 is 2.50 bits per heavy atom. The normalized spacial score (nSPS) is 31.9. The number of hydrogen-bond acceptors (Lipinski definition) is 2. The first-order valence-corrected chi connectivity index (χ1v) is 2.83. The van der Waals surface area contributed by atoms with Gasteiger partial charge in [-0.1, -0.05) is 0 Å². The summed E-state index contributed by atoms with van der Waals surface area (Å²) in [5.41, 5.74) is 6.64. The van der Waals surface area contributed by atoms with Crippen molar-refractivity contribution in [3.05, 3.63) is 11.8 Å². The summed E-state index contributed by atoms with van der Waals surface area (Å²) in [5.74, 6) is 0. The molecule has 8 heavy (non-hydrogen) atoms. The highest BCUT2D eigenvalue weighted by molar-refractivity contribution is 5.27. The van der Waals surface area contributed by atoms with Gasteiger partial charge in [0.2, 0.25) is 0 Å². The number of rotatable bonds is 1. The number of hydrogen-bond donors (Lipinski definition) is 1. The minimum Gasteiger partial charge on any atom is -0.405 e. The molecular weight excluding hydrogens is 100 g/mol. The first-order chi connectivity index (χ1) is 3.75. The first-order valence-electron chi connectivity index (χ1n) is 2.83. The van der Waals surface area contributed by atoms with Gasteiger partial charge in [-0.2, -0.15) is 0 Å². The minimum atomic E-state index is 0.653. The van der Waals surface area contributed by atoms with Crippen molar-refractivity contribution < 1.29 is 0 Å². The largest absolute Gasteiger partial charge is 0.405 e. The molecule has 1 rings (SSSR count). The zero-order valence-corrected chi connectivity index (χ0v) is 5.39.